The van der Waals surface area contributed by atoms with Crippen LogP contribution in [0, 0.1) is 5.92 Å². The van der Waals surface area contributed by atoms with E-state index in [4.69, 9.17) is 4.74 Å². The first-order valence-corrected chi connectivity index (χ1v) is 11.3. The van der Waals surface area contributed by atoms with Gasteiger partial charge in [0.05, 0.1) is 6.61 Å². The summed E-state index contributed by atoms with van der Waals surface area (Å²) in [4.78, 5) is 11.7. The third-order valence-corrected chi connectivity index (χ3v) is 4.92. The van der Waals surface area contributed by atoms with Crippen LogP contribution >= 0.6 is 0 Å². The monoisotopic (exact) mass is 354 g/mol. The summed E-state index contributed by atoms with van der Waals surface area (Å²) in [6.45, 7) is 7.44. The van der Waals surface area contributed by atoms with Crippen LogP contribution in [-0.2, 0) is 9.53 Å². The van der Waals surface area contributed by atoms with E-state index in [0.29, 0.717) is 13.0 Å². The molecule has 2 nitrogen and oxygen atoms in total. The maximum Gasteiger partial charge on any atom is 0.305 e. The smallest absolute Gasteiger partial charge is 0.305 e. The molecule has 0 aromatic carbocycles. The van der Waals surface area contributed by atoms with Gasteiger partial charge in [-0.05, 0) is 18.8 Å². The largest absolute Gasteiger partial charge is 0.466 e. The molecule has 25 heavy (non-hydrogen) atoms. The molecule has 0 bridgehead atoms. The highest BCUT2D eigenvalue weighted by Crippen LogP contribution is 2.12. The minimum atomic E-state index is 0.0121. The zero-order valence-electron chi connectivity index (χ0n) is 17.6. The average Bonchev–Trinajstić information content (AvgIpc) is 2.58. The maximum absolute atomic E-state index is 11.7. The molecule has 0 aliphatic carbocycles. The molecule has 0 heterocycles. The molecule has 0 saturated heterocycles. The highest BCUT2D eigenvalue weighted by molar-refractivity contribution is 5.69. The first-order chi connectivity index (χ1) is 12.2. The Bertz CT molecular complexity index is 273. The van der Waals surface area contributed by atoms with E-state index in [0.717, 1.165) is 18.8 Å². The third kappa shape index (κ3) is 21.4. The van der Waals surface area contributed by atoms with E-state index in [2.05, 4.69) is 20.8 Å². The number of esters is 1. The number of unbranched alkanes of at least 4 members (excludes halogenated alkanes) is 13. The van der Waals surface area contributed by atoms with Gasteiger partial charge in [0.25, 0.3) is 0 Å². The van der Waals surface area contributed by atoms with Crippen molar-refractivity contribution in [2.75, 3.05) is 6.61 Å². The Morgan fingerprint density at radius 2 is 1.16 bits per heavy atom. The second-order valence-corrected chi connectivity index (χ2v) is 8.10. The molecular formula is C23H46O2. The van der Waals surface area contributed by atoms with E-state index >= 15 is 0 Å². The fraction of sp³-hybridized carbons (Fsp3) is 0.957. The second-order valence-electron chi connectivity index (χ2n) is 8.10. The van der Waals surface area contributed by atoms with E-state index in [-0.39, 0.29) is 5.97 Å². The Hall–Kier alpha value is -0.530. The molecule has 0 fully saturated rings. The van der Waals surface area contributed by atoms with Gasteiger partial charge in [-0.2, -0.15) is 0 Å². The van der Waals surface area contributed by atoms with Crippen molar-refractivity contribution in [3.63, 3.8) is 0 Å². The van der Waals surface area contributed by atoms with Crippen LogP contribution in [0.4, 0.5) is 0 Å². The highest BCUT2D eigenvalue weighted by atomic mass is 16.5. The lowest BCUT2D eigenvalue weighted by Crippen LogP contribution is -2.05. The number of carbonyl (C=O) groups excluding carboxylic acids is 1. The Balaban J connectivity index is 3.15. The van der Waals surface area contributed by atoms with Crippen LogP contribution in [-0.4, -0.2) is 12.6 Å². The van der Waals surface area contributed by atoms with Crippen molar-refractivity contribution >= 4 is 5.97 Å². The summed E-state index contributed by atoms with van der Waals surface area (Å²) in [7, 11) is 0. The molecule has 0 spiro atoms. The summed E-state index contributed by atoms with van der Waals surface area (Å²) in [5.41, 5.74) is 0. The quantitative estimate of drug-likeness (QED) is 0.174. The molecule has 2 heteroatoms. The van der Waals surface area contributed by atoms with Crippen LogP contribution in [0.3, 0.4) is 0 Å². The van der Waals surface area contributed by atoms with Gasteiger partial charge in [0.2, 0.25) is 0 Å². The normalized spacial score (nSPS) is 11.2. The first kappa shape index (κ1) is 24.5. The van der Waals surface area contributed by atoms with E-state index in [1.54, 1.807) is 0 Å². The van der Waals surface area contributed by atoms with Gasteiger partial charge in [-0.1, -0.05) is 111 Å². The summed E-state index contributed by atoms with van der Waals surface area (Å²) in [6.07, 6.45) is 21.3. The molecule has 0 atom stereocenters. The lowest BCUT2D eigenvalue weighted by molar-refractivity contribution is -0.143. The molecule has 0 aliphatic heterocycles. The van der Waals surface area contributed by atoms with Crippen LogP contribution in [0.15, 0.2) is 0 Å². The van der Waals surface area contributed by atoms with Crippen molar-refractivity contribution in [3.05, 3.63) is 0 Å². The van der Waals surface area contributed by atoms with E-state index in [1.807, 2.05) is 0 Å². The molecule has 0 unspecified atom stereocenters. The average molecular weight is 355 g/mol. The zero-order chi connectivity index (χ0) is 18.6. The minimum Gasteiger partial charge on any atom is -0.466 e. The standard InChI is InChI=1S/C23H46O2/c1-4-5-6-7-8-9-10-11-12-13-17-20-23(24)25-21-18-15-14-16-19-22(2)3/h22H,4-21H2,1-3H3. The van der Waals surface area contributed by atoms with Crippen molar-refractivity contribution < 1.29 is 9.53 Å². The lowest BCUT2D eigenvalue weighted by atomic mass is 10.0. The van der Waals surface area contributed by atoms with Crippen LogP contribution in [0.1, 0.15) is 130 Å². The molecule has 0 aromatic heterocycles. The predicted octanol–water partition coefficient (Wildman–Crippen LogP) is 7.84. The van der Waals surface area contributed by atoms with Crippen LogP contribution in [0.2, 0.25) is 0 Å². The molecule has 150 valence electrons. The zero-order valence-corrected chi connectivity index (χ0v) is 17.6. The third-order valence-electron chi connectivity index (χ3n) is 4.92. The molecule has 0 saturated carbocycles. The Labute approximate surface area is 158 Å². The first-order valence-electron chi connectivity index (χ1n) is 11.3. The van der Waals surface area contributed by atoms with Crippen LogP contribution < -0.4 is 0 Å². The Kier molecular flexibility index (Phi) is 19.4. The van der Waals surface area contributed by atoms with Gasteiger partial charge in [0.1, 0.15) is 0 Å². The second kappa shape index (κ2) is 19.8. The maximum atomic E-state index is 11.7. The Morgan fingerprint density at radius 3 is 1.72 bits per heavy atom. The summed E-state index contributed by atoms with van der Waals surface area (Å²) in [5, 5.41) is 0. The molecule has 0 aliphatic rings. The van der Waals surface area contributed by atoms with Gasteiger partial charge in [-0.3, -0.25) is 4.79 Å². The predicted molar refractivity (Wildman–Crippen MR) is 110 cm³/mol. The number of hydrogen-bond acceptors (Lipinski definition) is 2. The molecule has 0 radical (unpaired) electrons. The van der Waals surface area contributed by atoms with Gasteiger partial charge < -0.3 is 4.74 Å². The summed E-state index contributed by atoms with van der Waals surface area (Å²) >= 11 is 0. The van der Waals surface area contributed by atoms with E-state index in [9.17, 15) is 4.79 Å². The molecule has 0 aromatic rings. The fourth-order valence-corrected chi connectivity index (χ4v) is 3.20. The highest BCUT2D eigenvalue weighted by Gasteiger charge is 2.02. The fourth-order valence-electron chi connectivity index (χ4n) is 3.20. The number of ether oxygens (including phenoxy) is 1. The van der Waals surface area contributed by atoms with Gasteiger partial charge in [0, 0.05) is 6.42 Å². The van der Waals surface area contributed by atoms with Crippen molar-refractivity contribution in [1.29, 1.82) is 0 Å². The number of rotatable bonds is 19. The van der Waals surface area contributed by atoms with E-state index < -0.39 is 0 Å². The van der Waals surface area contributed by atoms with E-state index in [1.165, 1.54) is 89.9 Å². The molecule has 0 N–H and O–H groups in total. The van der Waals surface area contributed by atoms with Gasteiger partial charge in [0.15, 0.2) is 0 Å². The van der Waals surface area contributed by atoms with Crippen molar-refractivity contribution in [1.82, 2.24) is 0 Å². The van der Waals surface area contributed by atoms with Gasteiger partial charge in [-0.25, -0.2) is 0 Å². The lowest BCUT2D eigenvalue weighted by Gasteiger charge is -2.06. The summed E-state index contributed by atoms with van der Waals surface area (Å²) < 4.78 is 5.32. The van der Waals surface area contributed by atoms with Crippen LogP contribution in [0.25, 0.3) is 0 Å². The van der Waals surface area contributed by atoms with Crippen molar-refractivity contribution in [2.24, 2.45) is 5.92 Å². The SMILES string of the molecule is CCCCCCCCCCCCCC(=O)OCCCCCCC(C)C. The van der Waals surface area contributed by atoms with Gasteiger partial charge in [-0.15, -0.1) is 0 Å². The molecular weight excluding hydrogens is 308 g/mol. The molecule has 0 amide bonds. The van der Waals surface area contributed by atoms with Crippen molar-refractivity contribution in [2.45, 2.75) is 130 Å². The van der Waals surface area contributed by atoms with Crippen LogP contribution in [0.5, 0.6) is 0 Å². The summed E-state index contributed by atoms with van der Waals surface area (Å²) in [6, 6.07) is 0. The topological polar surface area (TPSA) is 26.3 Å². The minimum absolute atomic E-state index is 0.0121. The Morgan fingerprint density at radius 1 is 0.680 bits per heavy atom. The number of carbonyl (C=O) groups is 1. The van der Waals surface area contributed by atoms with Gasteiger partial charge >= 0.3 is 5.97 Å². The number of hydrogen-bond donors (Lipinski definition) is 0. The van der Waals surface area contributed by atoms with Crippen molar-refractivity contribution in [3.8, 4) is 0 Å². The molecule has 0 rings (SSSR count). The summed E-state index contributed by atoms with van der Waals surface area (Å²) in [5.74, 6) is 0.821.